The van der Waals surface area contributed by atoms with Gasteiger partial charge in [-0.25, -0.2) is 14.4 Å². The SMILES string of the molecule is CC(C)C[C@H]([NH+]=C1C([O-])C(=[N+](C)c2ccccc2)C1[O-])C(=O)O. The Bertz CT molecular complexity index is 623. The molecule has 1 aliphatic rings. The van der Waals surface area contributed by atoms with E-state index in [-0.39, 0.29) is 17.3 Å². The van der Waals surface area contributed by atoms with Crippen LogP contribution in [0.5, 0.6) is 0 Å². The van der Waals surface area contributed by atoms with Crippen LogP contribution in [-0.2, 0) is 4.79 Å². The Morgan fingerprint density at radius 1 is 1.26 bits per heavy atom. The molecular formula is C17H22N2O4. The van der Waals surface area contributed by atoms with Crippen molar-refractivity contribution in [3.05, 3.63) is 30.3 Å². The summed E-state index contributed by atoms with van der Waals surface area (Å²) in [5, 5.41) is 33.9. The summed E-state index contributed by atoms with van der Waals surface area (Å²) < 4.78 is 1.60. The van der Waals surface area contributed by atoms with Crippen molar-refractivity contribution in [1.29, 1.82) is 0 Å². The maximum absolute atomic E-state index is 12.3. The van der Waals surface area contributed by atoms with Crippen molar-refractivity contribution in [3.63, 3.8) is 0 Å². The summed E-state index contributed by atoms with van der Waals surface area (Å²) in [5.74, 6) is -0.898. The molecule has 0 saturated heterocycles. The van der Waals surface area contributed by atoms with Gasteiger partial charge < -0.3 is 15.3 Å². The first-order valence-electron chi connectivity index (χ1n) is 7.66. The minimum absolute atomic E-state index is 0.0239. The molecule has 0 radical (unpaired) electrons. The lowest BCUT2D eigenvalue weighted by Crippen LogP contribution is -2.93. The molecule has 1 aliphatic carbocycles. The standard InChI is InChI=1S/C17H21N2O4/c1-10(2)9-12(17(22)23)18-13-15(20)14(16(13)21)19(3)11-7-5-4-6-8-11/h4-8,10,12,15-16H,9H2,1-3H3,(H,22,23)/q-1/p+1/t12-,15?,16?/m0/s1. The van der Waals surface area contributed by atoms with Crippen molar-refractivity contribution in [1.82, 2.24) is 0 Å². The van der Waals surface area contributed by atoms with Gasteiger partial charge in [0.1, 0.15) is 12.8 Å². The highest BCUT2D eigenvalue weighted by atomic mass is 16.4. The van der Waals surface area contributed by atoms with E-state index in [1.54, 1.807) is 11.6 Å². The summed E-state index contributed by atoms with van der Waals surface area (Å²) in [6.45, 7) is 3.79. The first kappa shape index (κ1) is 17.3. The molecule has 1 aromatic carbocycles. The monoisotopic (exact) mass is 318 g/mol. The molecule has 1 aromatic rings. The number of aliphatic carboxylic acids is 1. The predicted molar refractivity (Wildman–Crippen MR) is 81.7 cm³/mol. The van der Waals surface area contributed by atoms with Gasteiger partial charge in [0.15, 0.2) is 5.71 Å². The van der Waals surface area contributed by atoms with Crippen molar-refractivity contribution < 1.29 is 29.7 Å². The molecule has 1 saturated carbocycles. The highest BCUT2D eigenvalue weighted by molar-refractivity contribution is 6.28. The summed E-state index contributed by atoms with van der Waals surface area (Å²) in [6.07, 6.45) is -2.25. The van der Waals surface area contributed by atoms with Gasteiger partial charge in [0.25, 0.3) is 0 Å². The van der Waals surface area contributed by atoms with Crippen LogP contribution in [0.15, 0.2) is 30.3 Å². The predicted octanol–water partition coefficient (Wildman–Crippen LogP) is -2.11. The van der Waals surface area contributed by atoms with E-state index in [1.165, 1.54) is 0 Å². The third kappa shape index (κ3) is 3.65. The van der Waals surface area contributed by atoms with Crippen LogP contribution in [0.4, 0.5) is 5.69 Å². The number of carboxylic acids is 1. The Morgan fingerprint density at radius 2 is 1.83 bits per heavy atom. The van der Waals surface area contributed by atoms with Crippen LogP contribution in [0.3, 0.4) is 0 Å². The summed E-state index contributed by atoms with van der Waals surface area (Å²) in [6, 6.07) is 8.25. The van der Waals surface area contributed by atoms with Gasteiger partial charge in [-0.05, 0) is 5.92 Å². The molecule has 0 aromatic heterocycles. The summed E-state index contributed by atoms with van der Waals surface area (Å²) in [7, 11) is 1.68. The molecule has 6 heteroatoms. The van der Waals surface area contributed by atoms with E-state index in [9.17, 15) is 20.1 Å². The van der Waals surface area contributed by atoms with E-state index < -0.39 is 24.2 Å². The lowest BCUT2D eigenvalue weighted by molar-refractivity contribution is -0.537. The number of carbonyl (C=O) groups is 1. The average molecular weight is 318 g/mol. The molecule has 124 valence electrons. The largest absolute Gasteiger partial charge is 0.837 e. The Labute approximate surface area is 135 Å². The quantitative estimate of drug-likeness (QED) is 0.607. The topological polar surface area (TPSA) is 100 Å². The maximum Gasteiger partial charge on any atom is 0.372 e. The van der Waals surface area contributed by atoms with Crippen molar-refractivity contribution >= 4 is 23.1 Å². The van der Waals surface area contributed by atoms with Crippen LogP contribution in [0, 0.1) is 5.92 Å². The Balaban J connectivity index is 2.26. The molecule has 2 rings (SSSR count). The van der Waals surface area contributed by atoms with Crippen LogP contribution in [-0.4, -0.2) is 52.4 Å². The van der Waals surface area contributed by atoms with Gasteiger partial charge in [-0.1, -0.05) is 32.0 Å². The number of nitrogens with one attached hydrogen (secondary N) is 1. The third-order valence-corrected chi connectivity index (χ3v) is 3.98. The number of rotatable bonds is 5. The van der Waals surface area contributed by atoms with Crippen LogP contribution < -0.4 is 15.2 Å². The fourth-order valence-corrected chi connectivity index (χ4v) is 2.70. The smallest absolute Gasteiger partial charge is 0.372 e. The Hall–Kier alpha value is -2.05. The second kappa shape index (κ2) is 7.02. The third-order valence-electron chi connectivity index (χ3n) is 3.98. The van der Waals surface area contributed by atoms with Crippen molar-refractivity contribution in [3.8, 4) is 0 Å². The van der Waals surface area contributed by atoms with Gasteiger partial charge in [0.2, 0.25) is 11.7 Å². The summed E-state index contributed by atoms with van der Waals surface area (Å²) in [5.41, 5.74) is 1.00. The first-order valence-corrected chi connectivity index (χ1v) is 7.66. The van der Waals surface area contributed by atoms with E-state index in [2.05, 4.69) is 4.99 Å². The zero-order valence-corrected chi connectivity index (χ0v) is 13.5. The fraction of sp³-hybridized carbons (Fsp3) is 0.471. The zero-order chi connectivity index (χ0) is 17.1. The summed E-state index contributed by atoms with van der Waals surface area (Å²) in [4.78, 5) is 13.9. The molecule has 2 N–H and O–H groups in total. The molecule has 23 heavy (non-hydrogen) atoms. The summed E-state index contributed by atoms with van der Waals surface area (Å²) >= 11 is 0. The van der Waals surface area contributed by atoms with E-state index in [0.29, 0.717) is 6.42 Å². The Kier molecular flexibility index (Phi) is 5.28. The molecule has 0 spiro atoms. The molecule has 0 bridgehead atoms. The molecule has 0 amide bonds. The van der Waals surface area contributed by atoms with E-state index in [0.717, 1.165) is 5.69 Å². The number of benzene rings is 1. The van der Waals surface area contributed by atoms with Gasteiger partial charge in [-0.15, -0.1) is 0 Å². The Morgan fingerprint density at radius 3 is 2.30 bits per heavy atom. The minimum atomic E-state index is -1.31. The highest BCUT2D eigenvalue weighted by Crippen LogP contribution is 2.15. The first-order chi connectivity index (χ1) is 10.8. The average Bonchev–Trinajstić information content (AvgIpc) is 2.51. The number of hydrogen-bond donors (Lipinski definition) is 2. The molecule has 6 nitrogen and oxygen atoms in total. The molecule has 1 fully saturated rings. The van der Waals surface area contributed by atoms with Gasteiger partial charge >= 0.3 is 5.97 Å². The maximum atomic E-state index is 12.3. The van der Waals surface area contributed by atoms with Crippen molar-refractivity contribution in [2.75, 3.05) is 7.05 Å². The minimum Gasteiger partial charge on any atom is -0.837 e. The van der Waals surface area contributed by atoms with E-state index >= 15 is 0 Å². The number of nitrogens with zero attached hydrogens (tertiary/aromatic N) is 1. The second-order valence-corrected chi connectivity index (χ2v) is 6.20. The molecule has 2 unspecified atom stereocenters. The van der Waals surface area contributed by atoms with Gasteiger partial charge in [-0.2, -0.15) is 0 Å². The normalized spacial score (nSPS) is 21.8. The van der Waals surface area contributed by atoms with E-state index in [1.807, 2.05) is 44.2 Å². The van der Waals surface area contributed by atoms with Crippen LogP contribution in [0.25, 0.3) is 0 Å². The van der Waals surface area contributed by atoms with Gasteiger partial charge in [0.05, 0.1) is 0 Å². The molecule has 0 aliphatic heterocycles. The highest BCUT2D eigenvalue weighted by Gasteiger charge is 2.42. The molecular weight excluding hydrogens is 296 g/mol. The van der Waals surface area contributed by atoms with Crippen LogP contribution in [0.2, 0.25) is 0 Å². The lowest BCUT2D eigenvalue weighted by Gasteiger charge is -2.41. The molecule has 3 atom stereocenters. The fourth-order valence-electron chi connectivity index (χ4n) is 2.70. The number of para-hydroxylation sites is 1. The van der Waals surface area contributed by atoms with E-state index in [4.69, 9.17) is 0 Å². The molecule has 0 heterocycles. The lowest BCUT2D eigenvalue weighted by atomic mass is 9.85. The zero-order valence-electron chi connectivity index (χ0n) is 13.5. The van der Waals surface area contributed by atoms with Gasteiger partial charge in [0, 0.05) is 30.8 Å². The van der Waals surface area contributed by atoms with Crippen molar-refractivity contribution in [2.45, 2.75) is 38.5 Å². The second-order valence-electron chi connectivity index (χ2n) is 6.20. The van der Waals surface area contributed by atoms with Crippen LogP contribution >= 0.6 is 0 Å². The van der Waals surface area contributed by atoms with Crippen LogP contribution in [0.1, 0.15) is 20.3 Å². The number of carboxylic acid groups (broad SMARTS) is 1. The number of hydrogen-bond acceptors (Lipinski definition) is 3. The van der Waals surface area contributed by atoms with Gasteiger partial charge in [-0.3, -0.25) is 0 Å². The van der Waals surface area contributed by atoms with Crippen molar-refractivity contribution in [2.24, 2.45) is 5.92 Å².